The van der Waals surface area contributed by atoms with Crippen LogP contribution in [0.4, 0.5) is 0 Å². The molecule has 0 unspecified atom stereocenters. The highest BCUT2D eigenvalue weighted by Crippen LogP contribution is 2.23. The fourth-order valence-corrected chi connectivity index (χ4v) is 1.76. The smallest absolute Gasteiger partial charge is 0.0446 e. The van der Waals surface area contributed by atoms with Crippen LogP contribution in [0, 0.1) is 5.92 Å². The third kappa shape index (κ3) is 3.02. The quantitative estimate of drug-likeness (QED) is 0.613. The van der Waals surface area contributed by atoms with Gasteiger partial charge in [0.05, 0.1) is 0 Å². The molecule has 76 valence electrons. The molecule has 0 N–H and O–H groups in total. The van der Waals surface area contributed by atoms with Gasteiger partial charge in [0.2, 0.25) is 0 Å². The van der Waals surface area contributed by atoms with Crippen LogP contribution in [0.3, 0.4) is 0 Å². The van der Waals surface area contributed by atoms with Crippen molar-refractivity contribution >= 4 is 6.21 Å². The molecule has 1 aliphatic heterocycles. The molecule has 2 heteroatoms. The Morgan fingerprint density at radius 2 is 1.85 bits per heavy atom. The van der Waals surface area contributed by atoms with E-state index in [1.807, 2.05) is 0 Å². The number of hydrogen-bond donors (Lipinski definition) is 0. The summed E-state index contributed by atoms with van der Waals surface area (Å²) in [5.41, 5.74) is 0. The van der Waals surface area contributed by atoms with Gasteiger partial charge in [-0.15, -0.1) is 0 Å². The van der Waals surface area contributed by atoms with Crippen molar-refractivity contribution in [2.45, 2.75) is 59.0 Å². The van der Waals surface area contributed by atoms with Crippen LogP contribution < -0.4 is 0 Å². The van der Waals surface area contributed by atoms with Gasteiger partial charge in [0, 0.05) is 18.3 Å². The Balaban J connectivity index is 2.38. The van der Waals surface area contributed by atoms with E-state index in [0.717, 1.165) is 12.3 Å². The normalized spacial score (nSPS) is 29.5. The molecule has 2 atom stereocenters. The Hall–Kier alpha value is -0.530. The van der Waals surface area contributed by atoms with Crippen LogP contribution >= 0.6 is 0 Å². The Labute approximate surface area is 82.0 Å². The van der Waals surface area contributed by atoms with Gasteiger partial charge in [0.1, 0.15) is 0 Å². The molecule has 0 saturated carbocycles. The minimum Gasteiger partial charge on any atom is -0.292 e. The molecule has 0 bridgehead atoms. The van der Waals surface area contributed by atoms with Crippen LogP contribution in [-0.4, -0.2) is 23.3 Å². The minimum absolute atomic E-state index is 0.637. The molecular formula is C11H22N2. The average molecular weight is 182 g/mol. The number of hydrogen-bond acceptors (Lipinski definition) is 2. The molecule has 0 aliphatic carbocycles. The lowest BCUT2D eigenvalue weighted by Gasteiger charge is -2.22. The van der Waals surface area contributed by atoms with Crippen molar-refractivity contribution in [1.29, 1.82) is 0 Å². The molecule has 1 saturated heterocycles. The molecule has 1 aliphatic rings. The molecule has 0 aromatic rings. The van der Waals surface area contributed by atoms with Crippen molar-refractivity contribution in [2.24, 2.45) is 11.0 Å². The van der Waals surface area contributed by atoms with Crippen molar-refractivity contribution in [3.8, 4) is 0 Å². The van der Waals surface area contributed by atoms with E-state index in [9.17, 15) is 0 Å². The third-order valence-corrected chi connectivity index (χ3v) is 2.70. The van der Waals surface area contributed by atoms with Gasteiger partial charge in [-0.3, -0.25) is 5.01 Å². The molecule has 2 nitrogen and oxygen atoms in total. The lowest BCUT2D eigenvalue weighted by Crippen LogP contribution is -2.27. The highest BCUT2D eigenvalue weighted by atomic mass is 15.5. The number of nitrogens with zero attached hydrogens (tertiary/aromatic N) is 2. The zero-order chi connectivity index (χ0) is 9.84. The Morgan fingerprint density at radius 3 is 2.31 bits per heavy atom. The summed E-state index contributed by atoms with van der Waals surface area (Å²) in [7, 11) is 0. The second-order valence-electron chi connectivity index (χ2n) is 4.58. The fourth-order valence-electron chi connectivity index (χ4n) is 1.76. The van der Waals surface area contributed by atoms with E-state index in [2.05, 4.69) is 44.0 Å². The van der Waals surface area contributed by atoms with E-state index < -0.39 is 0 Å². The summed E-state index contributed by atoms with van der Waals surface area (Å²) in [6.07, 6.45) is 5.75. The first-order valence-electron chi connectivity index (χ1n) is 5.42. The summed E-state index contributed by atoms with van der Waals surface area (Å²) in [5, 5.41) is 6.79. The summed E-state index contributed by atoms with van der Waals surface area (Å²) in [4.78, 5) is 0. The molecular weight excluding hydrogens is 160 g/mol. The largest absolute Gasteiger partial charge is 0.292 e. The molecule has 13 heavy (non-hydrogen) atoms. The monoisotopic (exact) mass is 182 g/mol. The van der Waals surface area contributed by atoms with E-state index >= 15 is 0 Å². The summed E-state index contributed by atoms with van der Waals surface area (Å²) < 4.78 is 0. The molecule has 0 aromatic heterocycles. The third-order valence-electron chi connectivity index (χ3n) is 2.70. The lowest BCUT2D eigenvalue weighted by molar-refractivity contribution is 0.225. The van der Waals surface area contributed by atoms with Crippen molar-refractivity contribution in [2.75, 3.05) is 0 Å². The topological polar surface area (TPSA) is 15.6 Å². The van der Waals surface area contributed by atoms with Crippen LogP contribution in [0.2, 0.25) is 0 Å². The first-order chi connectivity index (χ1) is 6.11. The molecule has 0 amide bonds. The Bertz CT molecular complexity index is 165. The van der Waals surface area contributed by atoms with Gasteiger partial charge in [-0.25, -0.2) is 0 Å². The van der Waals surface area contributed by atoms with E-state index in [1.54, 1.807) is 0 Å². The summed E-state index contributed by atoms with van der Waals surface area (Å²) in [6.45, 7) is 8.97. The lowest BCUT2D eigenvalue weighted by atomic mass is 10.2. The standard InChI is InChI=1S/C11H22N2/c1-9(2)7-8-12-13-10(3)5-6-11(13)4/h8-11H,5-7H2,1-4H3/b12-8+/t10-,11-/m1/s1. The van der Waals surface area contributed by atoms with Gasteiger partial charge < -0.3 is 0 Å². The SMILES string of the molecule is CC(C)C/C=N/N1[C@H](C)CC[C@H]1C. The van der Waals surface area contributed by atoms with Crippen molar-refractivity contribution in [3.05, 3.63) is 0 Å². The summed E-state index contributed by atoms with van der Waals surface area (Å²) in [5.74, 6) is 0.719. The van der Waals surface area contributed by atoms with Gasteiger partial charge in [0.15, 0.2) is 0 Å². The van der Waals surface area contributed by atoms with Crippen LogP contribution in [0.15, 0.2) is 5.10 Å². The predicted octanol–water partition coefficient (Wildman–Crippen LogP) is 2.89. The maximum absolute atomic E-state index is 4.53. The van der Waals surface area contributed by atoms with Crippen LogP contribution in [0.5, 0.6) is 0 Å². The van der Waals surface area contributed by atoms with Crippen LogP contribution in [-0.2, 0) is 0 Å². The Kier molecular flexibility index (Phi) is 3.76. The molecule has 0 aromatic carbocycles. The zero-order valence-corrected chi connectivity index (χ0v) is 9.33. The van der Waals surface area contributed by atoms with Crippen LogP contribution in [0.1, 0.15) is 47.0 Å². The average Bonchev–Trinajstić information content (AvgIpc) is 2.34. The molecule has 0 radical (unpaired) electrons. The minimum atomic E-state index is 0.637. The maximum Gasteiger partial charge on any atom is 0.0446 e. The van der Waals surface area contributed by atoms with Crippen molar-refractivity contribution < 1.29 is 0 Å². The van der Waals surface area contributed by atoms with Crippen molar-refractivity contribution in [1.82, 2.24) is 5.01 Å². The first kappa shape index (κ1) is 10.6. The van der Waals surface area contributed by atoms with Gasteiger partial charge in [-0.05, 0) is 39.0 Å². The summed E-state index contributed by atoms with van der Waals surface area (Å²) >= 11 is 0. The number of rotatable bonds is 3. The van der Waals surface area contributed by atoms with E-state index in [0.29, 0.717) is 12.1 Å². The van der Waals surface area contributed by atoms with Gasteiger partial charge in [-0.1, -0.05) is 13.8 Å². The first-order valence-corrected chi connectivity index (χ1v) is 5.42. The highest BCUT2D eigenvalue weighted by Gasteiger charge is 2.25. The predicted molar refractivity (Wildman–Crippen MR) is 57.9 cm³/mol. The summed E-state index contributed by atoms with van der Waals surface area (Å²) in [6, 6.07) is 1.27. The molecule has 1 heterocycles. The second-order valence-corrected chi connectivity index (χ2v) is 4.58. The Morgan fingerprint density at radius 1 is 1.31 bits per heavy atom. The molecule has 1 rings (SSSR count). The van der Waals surface area contributed by atoms with Crippen LogP contribution in [0.25, 0.3) is 0 Å². The van der Waals surface area contributed by atoms with Gasteiger partial charge in [-0.2, -0.15) is 5.10 Å². The fraction of sp³-hybridized carbons (Fsp3) is 0.909. The molecule has 1 fully saturated rings. The van der Waals surface area contributed by atoms with Gasteiger partial charge >= 0.3 is 0 Å². The van der Waals surface area contributed by atoms with Gasteiger partial charge in [0.25, 0.3) is 0 Å². The van der Waals surface area contributed by atoms with E-state index in [1.165, 1.54) is 12.8 Å². The number of hydrazone groups is 1. The second kappa shape index (κ2) is 4.64. The molecule has 0 spiro atoms. The zero-order valence-electron chi connectivity index (χ0n) is 9.33. The van der Waals surface area contributed by atoms with Crippen molar-refractivity contribution in [3.63, 3.8) is 0 Å². The maximum atomic E-state index is 4.53. The van der Waals surface area contributed by atoms with E-state index in [4.69, 9.17) is 0 Å². The van der Waals surface area contributed by atoms with E-state index in [-0.39, 0.29) is 0 Å². The highest BCUT2D eigenvalue weighted by molar-refractivity contribution is 5.57.